The molecule has 1 atom stereocenters. The summed E-state index contributed by atoms with van der Waals surface area (Å²) in [5.74, 6) is 2.30. The van der Waals surface area contributed by atoms with Crippen LogP contribution in [-0.2, 0) is 13.1 Å². The molecule has 0 aliphatic rings. The number of hydrogen-bond acceptors (Lipinski definition) is 4. The van der Waals surface area contributed by atoms with Crippen molar-refractivity contribution in [3.05, 3.63) is 59.2 Å². The number of aliphatic imine (C=N–C) groups is 1. The first-order valence-corrected chi connectivity index (χ1v) is 10.6. The zero-order chi connectivity index (χ0) is 21.9. The highest BCUT2D eigenvalue weighted by Crippen LogP contribution is 2.30. The molecular weight excluding hydrogens is 376 g/mol. The smallest absolute Gasteiger partial charge is 0.191 e. The van der Waals surface area contributed by atoms with E-state index in [0.717, 1.165) is 29.6 Å². The molecule has 2 rings (SSSR count). The van der Waals surface area contributed by atoms with Crippen molar-refractivity contribution in [2.75, 3.05) is 34.4 Å². The average molecular weight is 413 g/mol. The van der Waals surface area contributed by atoms with Crippen molar-refractivity contribution in [2.24, 2.45) is 4.99 Å². The van der Waals surface area contributed by atoms with Crippen LogP contribution in [0, 0.1) is 0 Å². The molecule has 0 amide bonds. The van der Waals surface area contributed by atoms with Crippen molar-refractivity contribution in [1.29, 1.82) is 0 Å². The zero-order valence-corrected chi connectivity index (χ0v) is 19.2. The molecule has 6 heteroatoms. The van der Waals surface area contributed by atoms with Crippen LogP contribution in [0.15, 0.2) is 47.5 Å². The maximum Gasteiger partial charge on any atom is 0.191 e. The van der Waals surface area contributed by atoms with E-state index in [4.69, 9.17) is 9.47 Å². The van der Waals surface area contributed by atoms with Crippen LogP contribution in [0.2, 0.25) is 0 Å². The Balaban J connectivity index is 2.05. The summed E-state index contributed by atoms with van der Waals surface area (Å²) in [4.78, 5) is 6.57. The van der Waals surface area contributed by atoms with Crippen molar-refractivity contribution in [2.45, 2.75) is 39.9 Å². The van der Waals surface area contributed by atoms with Crippen LogP contribution < -0.4 is 20.1 Å². The third-order valence-electron chi connectivity index (χ3n) is 4.70. The fourth-order valence-electron chi connectivity index (χ4n) is 3.22. The van der Waals surface area contributed by atoms with Gasteiger partial charge in [0.1, 0.15) is 0 Å². The molecule has 30 heavy (non-hydrogen) atoms. The number of nitrogens with one attached hydrogen (secondary N) is 2. The number of hydrogen-bond donors (Lipinski definition) is 2. The van der Waals surface area contributed by atoms with Crippen LogP contribution in [0.25, 0.3) is 0 Å². The van der Waals surface area contributed by atoms with Gasteiger partial charge in [-0.15, -0.1) is 0 Å². The molecule has 1 unspecified atom stereocenters. The Morgan fingerprint density at radius 2 is 1.67 bits per heavy atom. The fourth-order valence-corrected chi connectivity index (χ4v) is 3.22. The summed E-state index contributed by atoms with van der Waals surface area (Å²) in [5.41, 5.74) is 3.69. The number of guanidine groups is 1. The summed E-state index contributed by atoms with van der Waals surface area (Å²) in [6.07, 6.45) is 0. The molecule has 0 aliphatic carbocycles. The second-order valence-electron chi connectivity index (χ2n) is 7.37. The van der Waals surface area contributed by atoms with Gasteiger partial charge in [-0.2, -0.15) is 0 Å². The third kappa shape index (κ3) is 6.95. The molecular formula is C24H36N4O2. The molecule has 2 aromatic carbocycles. The van der Waals surface area contributed by atoms with Gasteiger partial charge in [-0.1, -0.05) is 30.3 Å². The monoisotopic (exact) mass is 412 g/mol. The summed E-state index contributed by atoms with van der Waals surface area (Å²) in [6, 6.07) is 14.6. The van der Waals surface area contributed by atoms with Gasteiger partial charge >= 0.3 is 0 Å². The summed E-state index contributed by atoms with van der Waals surface area (Å²) >= 11 is 0. The summed E-state index contributed by atoms with van der Waals surface area (Å²) < 4.78 is 11.4. The van der Waals surface area contributed by atoms with Gasteiger partial charge in [0.05, 0.1) is 19.3 Å². The van der Waals surface area contributed by atoms with E-state index >= 15 is 0 Å². The van der Waals surface area contributed by atoms with Crippen molar-refractivity contribution < 1.29 is 9.47 Å². The fraction of sp³-hybridized carbons (Fsp3) is 0.458. The molecule has 6 nitrogen and oxygen atoms in total. The van der Waals surface area contributed by atoms with E-state index in [-0.39, 0.29) is 6.04 Å². The molecule has 0 heterocycles. The van der Waals surface area contributed by atoms with Gasteiger partial charge in [0.2, 0.25) is 0 Å². The Bertz CT molecular complexity index is 821. The van der Waals surface area contributed by atoms with E-state index in [1.807, 2.05) is 26.0 Å². The minimum atomic E-state index is 0.0584. The molecule has 0 saturated carbocycles. The van der Waals surface area contributed by atoms with Crippen LogP contribution >= 0.6 is 0 Å². The van der Waals surface area contributed by atoms with Gasteiger partial charge < -0.3 is 25.0 Å². The number of rotatable bonds is 10. The molecule has 0 fully saturated rings. The van der Waals surface area contributed by atoms with Gasteiger partial charge in [0, 0.05) is 20.1 Å². The topological polar surface area (TPSA) is 58.1 Å². The maximum atomic E-state index is 5.76. The standard InChI is InChI=1S/C24H36N4O2/c1-7-29-22-14-13-19(15-23(22)30-8-2)18(3)27-24(25-4)26-16-20-11-9-10-12-21(20)17-28(5)6/h9-15,18H,7-8,16-17H2,1-6H3,(H2,25,26,27). The molecule has 2 N–H and O–H groups in total. The first-order valence-electron chi connectivity index (χ1n) is 10.6. The van der Waals surface area contributed by atoms with Crippen LogP contribution in [0.5, 0.6) is 11.5 Å². The highest BCUT2D eigenvalue weighted by molar-refractivity contribution is 5.80. The highest BCUT2D eigenvalue weighted by atomic mass is 16.5. The quantitative estimate of drug-likeness (QED) is 0.457. The Morgan fingerprint density at radius 3 is 2.30 bits per heavy atom. The number of benzene rings is 2. The predicted molar refractivity (Wildman–Crippen MR) is 124 cm³/mol. The van der Waals surface area contributed by atoms with Crippen LogP contribution in [0.4, 0.5) is 0 Å². The van der Waals surface area contributed by atoms with Crippen molar-refractivity contribution in [3.8, 4) is 11.5 Å². The van der Waals surface area contributed by atoms with Crippen LogP contribution in [-0.4, -0.2) is 45.2 Å². The van der Waals surface area contributed by atoms with Gasteiger partial charge in [0.15, 0.2) is 17.5 Å². The summed E-state index contributed by atoms with van der Waals surface area (Å²) in [6.45, 7) is 8.89. The second kappa shape index (κ2) is 12.1. The molecule has 0 saturated heterocycles. The number of nitrogens with zero attached hydrogens (tertiary/aromatic N) is 2. The normalized spacial score (nSPS) is 12.6. The van der Waals surface area contributed by atoms with Crippen LogP contribution in [0.3, 0.4) is 0 Å². The predicted octanol–water partition coefficient (Wildman–Crippen LogP) is 3.97. The molecule has 2 aromatic rings. The van der Waals surface area contributed by atoms with Gasteiger partial charge in [0.25, 0.3) is 0 Å². The van der Waals surface area contributed by atoms with E-state index in [9.17, 15) is 0 Å². The van der Waals surface area contributed by atoms with Crippen molar-refractivity contribution >= 4 is 5.96 Å². The first-order chi connectivity index (χ1) is 14.5. The molecule has 0 radical (unpaired) electrons. The first kappa shape index (κ1) is 23.5. The van der Waals surface area contributed by atoms with E-state index in [1.165, 1.54) is 11.1 Å². The van der Waals surface area contributed by atoms with E-state index in [0.29, 0.717) is 19.8 Å². The van der Waals surface area contributed by atoms with E-state index in [2.05, 4.69) is 71.9 Å². The van der Waals surface area contributed by atoms with Crippen LogP contribution in [0.1, 0.15) is 43.5 Å². The third-order valence-corrected chi connectivity index (χ3v) is 4.70. The zero-order valence-electron chi connectivity index (χ0n) is 19.2. The maximum absolute atomic E-state index is 5.76. The Hall–Kier alpha value is -2.73. The minimum absolute atomic E-state index is 0.0584. The van der Waals surface area contributed by atoms with E-state index < -0.39 is 0 Å². The largest absolute Gasteiger partial charge is 0.490 e. The lowest BCUT2D eigenvalue weighted by molar-refractivity contribution is 0.287. The van der Waals surface area contributed by atoms with Gasteiger partial charge in [-0.05, 0) is 63.7 Å². The Labute approximate surface area is 181 Å². The molecule has 0 aromatic heterocycles. The summed E-state index contributed by atoms with van der Waals surface area (Å²) in [5, 5.41) is 6.90. The Morgan fingerprint density at radius 1 is 1.00 bits per heavy atom. The lowest BCUT2D eigenvalue weighted by Crippen LogP contribution is -2.38. The summed E-state index contributed by atoms with van der Waals surface area (Å²) in [7, 11) is 5.96. The van der Waals surface area contributed by atoms with Gasteiger partial charge in [-0.3, -0.25) is 4.99 Å². The molecule has 0 spiro atoms. The Kier molecular flexibility index (Phi) is 9.48. The van der Waals surface area contributed by atoms with Crippen molar-refractivity contribution in [3.63, 3.8) is 0 Å². The SMILES string of the molecule is CCOc1ccc(C(C)NC(=NC)NCc2ccccc2CN(C)C)cc1OCC. The molecule has 164 valence electrons. The van der Waals surface area contributed by atoms with Crippen molar-refractivity contribution in [1.82, 2.24) is 15.5 Å². The molecule has 0 aliphatic heterocycles. The van der Waals surface area contributed by atoms with E-state index in [1.54, 1.807) is 7.05 Å². The second-order valence-corrected chi connectivity index (χ2v) is 7.37. The average Bonchev–Trinajstić information content (AvgIpc) is 2.73. The molecule has 0 bridgehead atoms. The number of ether oxygens (including phenoxy) is 2. The van der Waals surface area contributed by atoms with Gasteiger partial charge in [-0.25, -0.2) is 0 Å². The lowest BCUT2D eigenvalue weighted by atomic mass is 10.1. The highest BCUT2D eigenvalue weighted by Gasteiger charge is 2.13. The lowest BCUT2D eigenvalue weighted by Gasteiger charge is -2.21. The minimum Gasteiger partial charge on any atom is -0.490 e.